The van der Waals surface area contributed by atoms with E-state index in [0.717, 1.165) is 24.3 Å². The van der Waals surface area contributed by atoms with Crippen molar-refractivity contribution in [3.63, 3.8) is 0 Å². The van der Waals surface area contributed by atoms with Crippen molar-refractivity contribution in [3.05, 3.63) is 29.3 Å². The first kappa shape index (κ1) is 12.5. The smallest absolute Gasteiger partial charge is 0.224 e. The van der Waals surface area contributed by atoms with Crippen LogP contribution in [-0.2, 0) is 4.79 Å². The number of amides is 1. The van der Waals surface area contributed by atoms with Gasteiger partial charge in [-0.3, -0.25) is 4.79 Å². The second kappa shape index (κ2) is 4.73. The maximum absolute atomic E-state index is 11.9. The lowest BCUT2D eigenvalue weighted by atomic mass is 10.0. The molecular weight excluding hydrogens is 230 g/mol. The normalized spacial score (nSPS) is 16.6. The Bertz CT molecular complexity index is 418. The maximum atomic E-state index is 11.9. The van der Waals surface area contributed by atoms with E-state index in [4.69, 9.17) is 0 Å². The fourth-order valence-electron chi connectivity index (χ4n) is 2.16. The minimum absolute atomic E-state index is 0.113. The van der Waals surface area contributed by atoms with Crippen molar-refractivity contribution in [1.82, 2.24) is 0 Å². The van der Waals surface area contributed by atoms with E-state index in [9.17, 15) is 4.79 Å². The van der Waals surface area contributed by atoms with E-state index >= 15 is 0 Å². The number of benzene rings is 1. The Morgan fingerprint density at radius 3 is 2.35 bits per heavy atom. The molecule has 0 bridgehead atoms. The summed E-state index contributed by atoms with van der Waals surface area (Å²) in [6.45, 7) is 4.08. The molecule has 1 aliphatic carbocycles. The highest BCUT2D eigenvalue weighted by Gasteiger charge is 2.42. The van der Waals surface area contributed by atoms with Gasteiger partial charge in [0.05, 0.1) is 0 Å². The number of nitrogens with one attached hydrogen (secondary N) is 1. The first-order valence-electron chi connectivity index (χ1n) is 6.02. The molecule has 1 N–H and O–H groups in total. The first-order chi connectivity index (χ1) is 8.03. The van der Waals surface area contributed by atoms with Crippen LogP contribution in [0.1, 0.15) is 30.4 Å². The van der Waals surface area contributed by atoms with Crippen molar-refractivity contribution in [2.45, 2.75) is 33.1 Å². The summed E-state index contributed by atoms with van der Waals surface area (Å²) in [5.74, 6) is 0.925. The molecule has 1 fully saturated rings. The van der Waals surface area contributed by atoms with E-state index in [-0.39, 0.29) is 11.3 Å². The van der Waals surface area contributed by atoms with Gasteiger partial charge >= 0.3 is 0 Å². The van der Waals surface area contributed by atoms with Gasteiger partial charge in [-0.05, 0) is 61.1 Å². The van der Waals surface area contributed by atoms with Crippen molar-refractivity contribution in [2.75, 3.05) is 11.1 Å². The van der Waals surface area contributed by atoms with Crippen LogP contribution >= 0.6 is 12.6 Å². The molecule has 1 aromatic carbocycles. The summed E-state index contributed by atoms with van der Waals surface area (Å²) in [7, 11) is 0. The fourth-order valence-corrected chi connectivity index (χ4v) is 2.59. The highest BCUT2D eigenvalue weighted by molar-refractivity contribution is 7.80. The van der Waals surface area contributed by atoms with Crippen LogP contribution in [0.25, 0.3) is 0 Å². The zero-order valence-corrected chi connectivity index (χ0v) is 11.3. The van der Waals surface area contributed by atoms with E-state index < -0.39 is 0 Å². The van der Waals surface area contributed by atoms with Gasteiger partial charge in [-0.15, -0.1) is 0 Å². The molecule has 3 heteroatoms. The number of thiol groups is 1. The molecule has 2 nitrogen and oxygen atoms in total. The number of carbonyl (C=O) groups excluding carboxylic acids is 1. The number of hydrogen-bond acceptors (Lipinski definition) is 2. The molecule has 17 heavy (non-hydrogen) atoms. The van der Waals surface area contributed by atoms with Gasteiger partial charge in [-0.1, -0.05) is 6.07 Å². The largest absolute Gasteiger partial charge is 0.326 e. The number of anilines is 1. The fraction of sp³-hybridized carbons (Fsp3) is 0.500. The van der Waals surface area contributed by atoms with Gasteiger partial charge < -0.3 is 5.32 Å². The molecule has 0 atom stereocenters. The topological polar surface area (TPSA) is 29.1 Å². The zero-order chi connectivity index (χ0) is 12.5. The SMILES string of the molecule is Cc1cc(C)cc(NC(=O)CC2(CS)CC2)c1. The average molecular weight is 249 g/mol. The Balaban J connectivity index is 1.98. The molecule has 0 heterocycles. The molecular formula is C14H19NOS. The predicted octanol–water partition coefficient (Wildman–Crippen LogP) is 3.34. The van der Waals surface area contributed by atoms with E-state index in [1.807, 2.05) is 26.0 Å². The molecule has 0 radical (unpaired) electrons. The Labute approximate surface area is 108 Å². The van der Waals surface area contributed by atoms with Crippen LogP contribution in [0.2, 0.25) is 0 Å². The molecule has 1 aromatic rings. The number of carbonyl (C=O) groups is 1. The molecule has 0 spiro atoms. The van der Waals surface area contributed by atoms with Crippen LogP contribution in [0.4, 0.5) is 5.69 Å². The van der Waals surface area contributed by atoms with Crippen LogP contribution in [0.5, 0.6) is 0 Å². The molecule has 0 aromatic heterocycles. The van der Waals surface area contributed by atoms with Gasteiger partial charge in [0.25, 0.3) is 0 Å². The third kappa shape index (κ3) is 3.25. The summed E-state index contributed by atoms with van der Waals surface area (Å²) in [6.07, 6.45) is 2.87. The minimum atomic E-state index is 0.113. The van der Waals surface area contributed by atoms with Crippen LogP contribution in [0.3, 0.4) is 0 Å². The highest BCUT2D eigenvalue weighted by atomic mass is 32.1. The van der Waals surface area contributed by atoms with Gasteiger partial charge in [-0.25, -0.2) is 0 Å². The lowest BCUT2D eigenvalue weighted by Gasteiger charge is -2.12. The first-order valence-corrected chi connectivity index (χ1v) is 6.65. The van der Waals surface area contributed by atoms with E-state index in [1.54, 1.807) is 0 Å². The Morgan fingerprint density at radius 1 is 1.29 bits per heavy atom. The van der Waals surface area contributed by atoms with E-state index in [2.05, 4.69) is 24.0 Å². The standard InChI is InChI=1S/C14H19NOS/c1-10-5-11(2)7-12(6-10)15-13(16)8-14(9-17)3-4-14/h5-7,17H,3-4,8-9H2,1-2H3,(H,15,16). The Kier molecular flexibility index (Phi) is 3.48. The van der Waals surface area contributed by atoms with Gasteiger partial charge in [0, 0.05) is 12.1 Å². The van der Waals surface area contributed by atoms with Crippen molar-refractivity contribution in [1.29, 1.82) is 0 Å². The Hall–Kier alpha value is -0.960. The lowest BCUT2D eigenvalue weighted by Crippen LogP contribution is -2.18. The monoisotopic (exact) mass is 249 g/mol. The van der Waals surface area contributed by atoms with Crippen LogP contribution in [0, 0.1) is 19.3 Å². The lowest BCUT2D eigenvalue weighted by molar-refractivity contribution is -0.117. The van der Waals surface area contributed by atoms with E-state index in [1.165, 1.54) is 11.1 Å². The number of rotatable bonds is 4. The molecule has 0 saturated heterocycles. The van der Waals surface area contributed by atoms with Gasteiger partial charge in [0.15, 0.2) is 0 Å². The Morgan fingerprint density at radius 2 is 1.88 bits per heavy atom. The predicted molar refractivity (Wildman–Crippen MR) is 74.7 cm³/mol. The molecule has 1 saturated carbocycles. The third-order valence-corrected chi connectivity index (χ3v) is 4.00. The van der Waals surface area contributed by atoms with Crippen LogP contribution < -0.4 is 5.32 Å². The van der Waals surface area contributed by atoms with Crippen molar-refractivity contribution in [2.24, 2.45) is 5.41 Å². The van der Waals surface area contributed by atoms with Crippen molar-refractivity contribution >= 4 is 24.2 Å². The third-order valence-electron chi connectivity index (χ3n) is 3.33. The summed E-state index contributed by atoms with van der Waals surface area (Å²) in [5.41, 5.74) is 3.44. The quantitative estimate of drug-likeness (QED) is 0.787. The summed E-state index contributed by atoms with van der Waals surface area (Å²) in [5, 5.41) is 2.98. The molecule has 1 amide bonds. The van der Waals surface area contributed by atoms with Crippen LogP contribution in [0.15, 0.2) is 18.2 Å². The summed E-state index contributed by atoms with van der Waals surface area (Å²) >= 11 is 4.32. The molecule has 0 unspecified atom stereocenters. The van der Waals surface area contributed by atoms with Crippen molar-refractivity contribution in [3.8, 4) is 0 Å². The number of aryl methyl sites for hydroxylation is 2. The molecule has 92 valence electrons. The molecule has 0 aliphatic heterocycles. The second-order valence-corrected chi connectivity index (χ2v) is 5.58. The highest BCUT2D eigenvalue weighted by Crippen LogP contribution is 2.49. The molecule has 2 rings (SSSR count). The van der Waals surface area contributed by atoms with E-state index in [0.29, 0.717) is 6.42 Å². The van der Waals surface area contributed by atoms with Gasteiger partial charge in [0.2, 0.25) is 5.91 Å². The minimum Gasteiger partial charge on any atom is -0.326 e. The number of hydrogen-bond donors (Lipinski definition) is 2. The average Bonchev–Trinajstić information content (AvgIpc) is 2.96. The zero-order valence-electron chi connectivity index (χ0n) is 10.4. The second-order valence-electron chi connectivity index (χ2n) is 5.26. The molecule has 1 aliphatic rings. The summed E-state index contributed by atoms with van der Waals surface area (Å²) in [4.78, 5) is 11.9. The summed E-state index contributed by atoms with van der Waals surface area (Å²) < 4.78 is 0. The van der Waals surface area contributed by atoms with Gasteiger partial charge in [0.1, 0.15) is 0 Å². The van der Waals surface area contributed by atoms with Crippen LogP contribution in [-0.4, -0.2) is 11.7 Å². The summed E-state index contributed by atoms with van der Waals surface area (Å²) in [6, 6.07) is 6.11. The maximum Gasteiger partial charge on any atom is 0.224 e. The van der Waals surface area contributed by atoms with Gasteiger partial charge in [-0.2, -0.15) is 12.6 Å². The van der Waals surface area contributed by atoms with Crippen molar-refractivity contribution < 1.29 is 4.79 Å².